The van der Waals surface area contributed by atoms with Gasteiger partial charge in [-0.3, -0.25) is 13.2 Å². The van der Waals surface area contributed by atoms with E-state index >= 15 is 0 Å². The third kappa shape index (κ3) is 4620. The average Bonchev–Trinajstić information content (AvgIpc) is 1.19. The van der Waals surface area contributed by atoms with Crippen LogP contribution in [0.4, 0.5) is 0 Å². The zero-order valence-electron chi connectivity index (χ0n) is 7.77. The first-order chi connectivity index (χ1) is 3.73. The molecule has 0 amide bonds. The Hall–Kier alpha value is 0.550. The molecule has 0 aromatic rings. The second-order valence-corrected chi connectivity index (χ2v) is 1.74. The van der Waals surface area contributed by atoms with Gasteiger partial charge < -0.3 is 38.9 Å². The van der Waals surface area contributed by atoms with Gasteiger partial charge in [0.25, 0.3) is 5.97 Å². The monoisotopic (exact) mass is 250 g/mol. The molecule has 0 spiro atoms. The molecule has 0 aliphatic rings. The first-order valence-electron chi connectivity index (χ1n) is 1.59. The standard InChI is InChI=1S/C2H4O2.ClH.2H3N.Na.H2O4S/c1-2(3)4;;;;;1-5(2,3)4/h1H3,(H,3,4);1H;2*1H3;;(H2,1,2,3,4)/q;;;;+1;/p-1. The fourth-order valence-electron chi connectivity index (χ4n) is 0. The maximum absolute atomic E-state index is 9.00. The third-order valence-corrected chi connectivity index (χ3v) is 0. The summed E-state index contributed by atoms with van der Waals surface area (Å²) in [5.41, 5.74) is 0. The van der Waals surface area contributed by atoms with Crippen molar-refractivity contribution >= 4 is 16.4 Å². The van der Waals surface area contributed by atoms with Crippen LogP contribution in [0.2, 0.25) is 0 Å². The molecule has 11 heteroatoms. The number of carboxylic acid groups (broad SMARTS) is 1. The van der Waals surface area contributed by atoms with E-state index in [1.165, 1.54) is 0 Å². The van der Waals surface area contributed by atoms with Crippen LogP contribution in [-0.4, -0.2) is 28.6 Å². The summed E-state index contributed by atoms with van der Waals surface area (Å²) in [5, 5.41) is 7.42. The predicted molar refractivity (Wildman–Crippen MR) is 35.8 cm³/mol. The molecule has 0 aliphatic heterocycles. The molecule has 0 radical (unpaired) electrons. The van der Waals surface area contributed by atoms with Gasteiger partial charge in [0, 0.05) is 17.3 Å². The number of carbonyl (C=O) groups is 1. The first-order valence-corrected chi connectivity index (χ1v) is 2.93. The summed E-state index contributed by atoms with van der Waals surface area (Å²) in [6, 6.07) is 0. The topological polar surface area (TPSA) is 191 Å². The second kappa shape index (κ2) is 18.4. The summed E-state index contributed by atoms with van der Waals surface area (Å²) in [7, 11) is -5.17. The molecule has 0 saturated heterocycles. The molecule has 8 nitrogen and oxygen atoms in total. The summed E-state index contributed by atoms with van der Waals surface area (Å²) in [5.74, 6) is -0.833. The average molecular weight is 251 g/mol. The minimum absolute atomic E-state index is 0. The van der Waals surface area contributed by atoms with Gasteiger partial charge in [-0.05, 0) is 0 Å². The van der Waals surface area contributed by atoms with Crippen LogP contribution >= 0.6 is 0 Å². The van der Waals surface area contributed by atoms with Crippen LogP contribution in [0.1, 0.15) is 6.92 Å². The number of hydrogen-bond acceptors (Lipinski definition) is 5. The van der Waals surface area contributed by atoms with E-state index in [0.717, 1.165) is 6.92 Å². The Morgan fingerprint density at radius 1 is 1.23 bits per heavy atom. The second-order valence-electron chi connectivity index (χ2n) is 0.927. The summed E-state index contributed by atoms with van der Waals surface area (Å²) < 4.78 is 34.1. The van der Waals surface area contributed by atoms with Gasteiger partial charge in [0.05, 0.1) is 0 Å². The number of halogens is 1. The van der Waals surface area contributed by atoms with Gasteiger partial charge in [-0.15, -0.1) is 0 Å². The molecule has 80 valence electrons. The molecule has 13 heavy (non-hydrogen) atoms. The van der Waals surface area contributed by atoms with Crippen molar-refractivity contribution in [3.63, 3.8) is 0 Å². The Labute approximate surface area is 105 Å². The zero-order chi connectivity index (χ0) is 8.08. The number of carboxylic acids is 1. The van der Waals surface area contributed by atoms with Crippen molar-refractivity contribution in [1.82, 2.24) is 12.3 Å². The fraction of sp³-hybridized carbons (Fsp3) is 0.500. The molecule has 9 N–H and O–H groups in total. The van der Waals surface area contributed by atoms with Crippen LogP contribution in [0, 0.1) is 0 Å². The summed E-state index contributed by atoms with van der Waals surface area (Å²) in [6.07, 6.45) is 0. The Kier molecular flexibility index (Phi) is 52.9. The Balaban J connectivity index is -0.0000000146. The normalized spacial score (nSPS) is 6.38. The van der Waals surface area contributed by atoms with E-state index in [2.05, 4.69) is 0 Å². The van der Waals surface area contributed by atoms with Gasteiger partial charge in [0.1, 0.15) is 0 Å². The fourth-order valence-corrected chi connectivity index (χ4v) is 0. The van der Waals surface area contributed by atoms with Crippen LogP contribution < -0.4 is 54.3 Å². The van der Waals surface area contributed by atoms with Crippen molar-refractivity contribution < 1.29 is 69.4 Å². The van der Waals surface area contributed by atoms with Gasteiger partial charge >= 0.3 is 29.6 Å². The number of quaternary nitrogens is 2. The number of rotatable bonds is 0. The zero-order valence-corrected chi connectivity index (χ0v) is 11.3. The van der Waals surface area contributed by atoms with Crippen molar-refractivity contribution in [2.45, 2.75) is 6.92 Å². The Morgan fingerprint density at radius 3 is 1.23 bits per heavy atom. The predicted octanol–water partition coefficient (Wildman–Crippen LogP) is -6.49. The molecule has 0 heterocycles. The van der Waals surface area contributed by atoms with E-state index in [9.17, 15) is 0 Å². The Bertz CT molecular complexity index is 171. The molecular formula is C2H12ClN2NaO6S. The molecule has 0 aromatic heterocycles. The van der Waals surface area contributed by atoms with Crippen molar-refractivity contribution in [1.29, 1.82) is 0 Å². The van der Waals surface area contributed by atoms with Crippen LogP contribution in [-0.2, 0) is 15.2 Å². The van der Waals surface area contributed by atoms with E-state index in [1.807, 2.05) is 0 Å². The third-order valence-electron chi connectivity index (χ3n) is 0. The van der Waals surface area contributed by atoms with E-state index in [0.29, 0.717) is 0 Å². The van der Waals surface area contributed by atoms with Crippen LogP contribution in [0.15, 0.2) is 0 Å². The molecule has 0 rings (SSSR count). The molecule has 0 saturated carbocycles. The number of aliphatic carboxylic acids is 1. The van der Waals surface area contributed by atoms with Gasteiger partial charge in [0.15, 0.2) is 0 Å². The van der Waals surface area contributed by atoms with Crippen molar-refractivity contribution in [2.75, 3.05) is 0 Å². The summed E-state index contributed by atoms with van der Waals surface area (Å²) >= 11 is 0. The number of hydrogen-bond donors (Lipinski definition) is 3. The van der Waals surface area contributed by atoms with Crippen LogP contribution in [0.25, 0.3) is 0 Å². The van der Waals surface area contributed by atoms with Crippen LogP contribution in [0.3, 0.4) is 0 Å². The van der Waals surface area contributed by atoms with Gasteiger partial charge in [0.2, 0.25) is 0 Å². The van der Waals surface area contributed by atoms with Crippen molar-refractivity contribution in [3.8, 4) is 0 Å². The van der Waals surface area contributed by atoms with Gasteiger partial charge in [-0.25, -0.2) is 0 Å². The van der Waals surface area contributed by atoms with E-state index in [-0.39, 0.29) is 54.3 Å². The van der Waals surface area contributed by atoms with E-state index in [4.69, 9.17) is 27.4 Å². The maximum atomic E-state index is 9.00. The summed E-state index contributed by atoms with van der Waals surface area (Å²) in [6.45, 7) is 1.08. The molecule has 0 bridgehead atoms. The molecule has 0 aromatic carbocycles. The quantitative estimate of drug-likeness (QED) is 0.217. The van der Waals surface area contributed by atoms with Crippen molar-refractivity contribution in [3.05, 3.63) is 0 Å². The SMILES string of the molecule is CC(=O)O.O=S(=O)([O-])[O-].[Cl-].[NH4+].[NH4+].[Na+]. The molecule has 0 fully saturated rings. The minimum Gasteiger partial charge on any atom is -1.00 e. The van der Waals surface area contributed by atoms with E-state index < -0.39 is 16.4 Å². The molecule has 0 unspecified atom stereocenters. The van der Waals surface area contributed by atoms with Crippen LogP contribution in [0.5, 0.6) is 0 Å². The first kappa shape index (κ1) is 37.4. The minimum atomic E-state index is -5.17. The van der Waals surface area contributed by atoms with Gasteiger partial charge in [-0.2, -0.15) is 0 Å². The van der Waals surface area contributed by atoms with E-state index in [1.54, 1.807) is 0 Å². The molecule has 0 aliphatic carbocycles. The van der Waals surface area contributed by atoms with Gasteiger partial charge in [-0.1, -0.05) is 0 Å². The maximum Gasteiger partial charge on any atom is 1.00 e. The largest absolute Gasteiger partial charge is 1.00 e. The smallest absolute Gasteiger partial charge is 1.00 e. The Morgan fingerprint density at radius 2 is 1.23 bits per heavy atom. The van der Waals surface area contributed by atoms with Crippen molar-refractivity contribution in [2.24, 2.45) is 0 Å². The molecular weight excluding hydrogens is 239 g/mol. The summed E-state index contributed by atoms with van der Waals surface area (Å²) in [4.78, 5) is 9.00. The molecule has 0 atom stereocenters.